The van der Waals surface area contributed by atoms with E-state index in [1.165, 1.54) is 15.7 Å². The quantitative estimate of drug-likeness (QED) is 0.415. The topological polar surface area (TPSA) is 71.3 Å². The van der Waals surface area contributed by atoms with Crippen LogP contribution in [0.1, 0.15) is 46.7 Å². The third-order valence-corrected chi connectivity index (χ3v) is 6.98. The summed E-state index contributed by atoms with van der Waals surface area (Å²) in [6.45, 7) is 1.93. The molecule has 0 spiro atoms. The van der Waals surface area contributed by atoms with Gasteiger partial charge in [0.1, 0.15) is 11.5 Å². The molecule has 0 unspecified atom stereocenters. The van der Waals surface area contributed by atoms with Gasteiger partial charge in [0.25, 0.3) is 5.91 Å². The van der Waals surface area contributed by atoms with Gasteiger partial charge in [-0.25, -0.2) is 9.97 Å². The van der Waals surface area contributed by atoms with Crippen LogP contribution in [0.5, 0.6) is 0 Å². The fourth-order valence-electron chi connectivity index (χ4n) is 4.36. The van der Waals surface area contributed by atoms with Crippen LogP contribution in [0.25, 0.3) is 15.9 Å². The van der Waals surface area contributed by atoms with Gasteiger partial charge in [-0.1, -0.05) is 12.1 Å². The highest BCUT2D eigenvalue weighted by Gasteiger charge is 2.34. The Bertz CT molecular complexity index is 1320. The Hall–Kier alpha value is -3.14. The number of hydrogen-bond donors (Lipinski definition) is 2. The normalized spacial score (nSPS) is 19.2. The van der Waals surface area contributed by atoms with Crippen molar-refractivity contribution in [3.05, 3.63) is 58.9 Å². The molecule has 0 bridgehead atoms. The van der Waals surface area contributed by atoms with Crippen molar-refractivity contribution >= 4 is 38.9 Å². The molecule has 1 aromatic carbocycles. The number of carbonyl (C=O) groups excluding carboxylic acids is 1. The van der Waals surface area contributed by atoms with Crippen molar-refractivity contribution in [3.8, 4) is 0 Å². The molecule has 1 saturated carbocycles. The maximum absolute atomic E-state index is 13.0. The number of imidazole rings is 1. The summed E-state index contributed by atoms with van der Waals surface area (Å²) < 4.78 is 41.5. The SMILES string of the molecule is Cc1nc2cccc(C(=O)NC3CCC(Nc4cccc5nc(C(F)(F)F)cn45)CC3)c2s1. The van der Waals surface area contributed by atoms with Gasteiger partial charge in [0.15, 0.2) is 5.69 Å². The average Bonchev–Trinajstić information content (AvgIpc) is 3.38. The molecule has 0 atom stereocenters. The Balaban J connectivity index is 1.23. The van der Waals surface area contributed by atoms with E-state index in [0.717, 1.165) is 47.1 Å². The summed E-state index contributed by atoms with van der Waals surface area (Å²) in [5.41, 5.74) is 0.820. The van der Waals surface area contributed by atoms with E-state index in [9.17, 15) is 18.0 Å². The minimum Gasteiger partial charge on any atom is -0.368 e. The number of halogens is 3. The van der Waals surface area contributed by atoms with Gasteiger partial charge in [-0.15, -0.1) is 11.3 Å². The first kappa shape index (κ1) is 21.7. The van der Waals surface area contributed by atoms with Crippen LogP contribution < -0.4 is 10.6 Å². The Labute approximate surface area is 191 Å². The van der Waals surface area contributed by atoms with Crippen molar-refractivity contribution in [1.29, 1.82) is 0 Å². The zero-order valence-corrected chi connectivity index (χ0v) is 18.6. The molecule has 10 heteroatoms. The molecule has 172 valence electrons. The average molecular weight is 474 g/mol. The second-order valence-corrected chi connectivity index (χ2v) is 9.52. The molecule has 0 radical (unpaired) electrons. The van der Waals surface area contributed by atoms with Crippen molar-refractivity contribution < 1.29 is 18.0 Å². The van der Waals surface area contributed by atoms with E-state index in [4.69, 9.17) is 0 Å². The van der Waals surface area contributed by atoms with E-state index in [-0.39, 0.29) is 23.6 Å². The van der Waals surface area contributed by atoms with Crippen LogP contribution in [-0.4, -0.2) is 32.4 Å². The van der Waals surface area contributed by atoms with Crippen LogP contribution in [0.15, 0.2) is 42.6 Å². The molecule has 1 aliphatic carbocycles. The lowest BCUT2D eigenvalue weighted by Crippen LogP contribution is -2.40. The van der Waals surface area contributed by atoms with Gasteiger partial charge in [0.2, 0.25) is 0 Å². The van der Waals surface area contributed by atoms with E-state index >= 15 is 0 Å². The third-order valence-electron chi connectivity index (χ3n) is 5.96. The second-order valence-electron chi connectivity index (χ2n) is 8.32. The van der Waals surface area contributed by atoms with Gasteiger partial charge in [-0.05, 0) is 56.9 Å². The van der Waals surface area contributed by atoms with E-state index in [1.54, 1.807) is 18.2 Å². The predicted octanol–water partition coefficient (Wildman–Crippen LogP) is 5.42. The summed E-state index contributed by atoms with van der Waals surface area (Å²) in [7, 11) is 0. The first-order valence-electron chi connectivity index (χ1n) is 10.8. The third kappa shape index (κ3) is 4.39. The minimum atomic E-state index is -4.48. The molecule has 33 heavy (non-hydrogen) atoms. The molecule has 4 aromatic rings. The summed E-state index contributed by atoms with van der Waals surface area (Å²) in [4.78, 5) is 21.0. The fraction of sp³-hybridized carbons (Fsp3) is 0.348. The largest absolute Gasteiger partial charge is 0.434 e. The number of anilines is 1. The number of alkyl halides is 3. The molecule has 1 aliphatic rings. The number of aryl methyl sites for hydroxylation is 1. The van der Waals surface area contributed by atoms with Gasteiger partial charge in [-0.3, -0.25) is 9.20 Å². The molecule has 1 fully saturated rings. The fourth-order valence-corrected chi connectivity index (χ4v) is 5.29. The molecule has 2 N–H and O–H groups in total. The number of nitrogens with zero attached hydrogens (tertiary/aromatic N) is 3. The first-order chi connectivity index (χ1) is 15.8. The lowest BCUT2D eigenvalue weighted by molar-refractivity contribution is -0.140. The minimum absolute atomic E-state index is 0.0562. The maximum Gasteiger partial charge on any atom is 0.434 e. The predicted molar refractivity (Wildman–Crippen MR) is 122 cm³/mol. The number of benzene rings is 1. The monoisotopic (exact) mass is 473 g/mol. The standard InChI is InChI=1S/C23H22F3N5OS/c1-13-27-17-5-2-4-16(21(17)33-13)22(32)29-15-10-8-14(9-11-15)28-19-6-3-7-20-30-18(12-31(19)20)23(24,25)26/h2-7,12,14-15,28H,8-11H2,1H3,(H,29,32). The zero-order chi connectivity index (χ0) is 23.2. The summed E-state index contributed by atoms with van der Waals surface area (Å²) in [6, 6.07) is 10.7. The van der Waals surface area contributed by atoms with Gasteiger partial charge in [0.05, 0.1) is 20.8 Å². The maximum atomic E-state index is 13.0. The highest BCUT2D eigenvalue weighted by atomic mass is 32.1. The van der Waals surface area contributed by atoms with E-state index < -0.39 is 11.9 Å². The first-order valence-corrected chi connectivity index (χ1v) is 11.6. The Morgan fingerprint density at radius 2 is 1.79 bits per heavy atom. The molecule has 0 aliphatic heterocycles. The Kier molecular flexibility index (Phi) is 5.48. The summed E-state index contributed by atoms with van der Waals surface area (Å²) in [6.07, 6.45) is -0.297. The highest BCUT2D eigenvalue weighted by Crippen LogP contribution is 2.30. The Morgan fingerprint density at radius 3 is 2.55 bits per heavy atom. The van der Waals surface area contributed by atoms with Crippen molar-refractivity contribution in [3.63, 3.8) is 0 Å². The molecular weight excluding hydrogens is 451 g/mol. The van der Waals surface area contributed by atoms with E-state index in [1.807, 2.05) is 25.1 Å². The summed E-state index contributed by atoms with van der Waals surface area (Å²) >= 11 is 1.52. The van der Waals surface area contributed by atoms with E-state index in [0.29, 0.717) is 11.4 Å². The lowest BCUT2D eigenvalue weighted by atomic mass is 9.91. The number of carbonyl (C=O) groups is 1. The summed E-state index contributed by atoms with van der Waals surface area (Å²) in [5, 5.41) is 7.42. The van der Waals surface area contributed by atoms with Crippen molar-refractivity contribution in [2.75, 3.05) is 5.32 Å². The van der Waals surface area contributed by atoms with Crippen LogP contribution in [0.2, 0.25) is 0 Å². The van der Waals surface area contributed by atoms with Crippen LogP contribution in [-0.2, 0) is 6.18 Å². The van der Waals surface area contributed by atoms with E-state index in [2.05, 4.69) is 20.6 Å². The van der Waals surface area contributed by atoms with Crippen molar-refractivity contribution in [2.24, 2.45) is 0 Å². The Morgan fingerprint density at radius 1 is 1.06 bits per heavy atom. The zero-order valence-electron chi connectivity index (χ0n) is 17.8. The second kappa shape index (κ2) is 8.33. The summed E-state index contributed by atoms with van der Waals surface area (Å²) in [5.74, 6) is 0.485. The molecule has 1 amide bonds. The number of pyridine rings is 1. The molecule has 0 saturated heterocycles. The lowest BCUT2D eigenvalue weighted by Gasteiger charge is -2.30. The van der Waals surface area contributed by atoms with Gasteiger partial charge >= 0.3 is 6.18 Å². The number of thiazole rings is 1. The van der Waals surface area contributed by atoms with Gasteiger partial charge < -0.3 is 10.6 Å². The number of fused-ring (bicyclic) bond motifs is 2. The molecule has 6 nitrogen and oxygen atoms in total. The number of nitrogens with one attached hydrogen (secondary N) is 2. The van der Waals surface area contributed by atoms with Gasteiger partial charge in [-0.2, -0.15) is 13.2 Å². The highest BCUT2D eigenvalue weighted by molar-refractivity contribution is 7.18. The van der Waals surface area contributed by atoms with Crippen LogP contribution in [0.3, 0.4) is 0 Å². The molecule has 3 aromatic heterocycles. The molecule has 3 heterocycles. The smallest absolute Gasteiger partial charge is 0.368 e. The van der Waals surface area contributed by atoms with Crippen LogP contribution in [0, 0.1) is 6.92 Å². The number of rotatable bonds is 4. The number of amides is 1. The van der Waals surface area contributed by atoms with Gasteiger partial charge in [0, 0.05) is 18.3 Å². The molecular formula is C23H22F3N5OS. The number of hydrogen-bond acceptors (Lipinski definition) is 5. The van der Waals surface area contributed by atoms with Crippen LogP contribution in [0.4, 0.5) is 19.0 Å². The van der Waals surface area contributed by atoms with Crippen LogP contribution >= 0.6 is 11.3 Å². The van der Waals surface area contributed by atoms with Crippen molar-refractivity contribution in [2.45, 2.75) is 50.9 Å². The molecule has 5 rings (SSSR count). The number of aromatic nitrogens is 3. The van der Waals surface area contributed by atoms with Crippen molar-refractivity contribution in [1.82, 2.24) is 19.7 Å².